The Balaban J connectivity index is 1.44. The minimum atomic E-state index is -0.0453. The third-order valence-corrected chi connectivity index (χ3v) is 4.90. The summed E-state index contributed by atoms with van der Waals surface area (Å²) < 4.78 is 13.1. The van der Waals surface area contributed by atoms with Gasteiger partial charge in [-0.15, -0.1) is 0 Å². The van der Waals surface area contributed by atoms with Gasteiger partial charge in [0.2, 0.25) is 0 Å². The number of rotatable bonds is 4. The first-order chi connectivity index (χ1) is 12.3. The van der Waals surface area contributed by atoms with Gasteiger partial charge in [-0.1, -0.05) is 0 Å². The van der Waals surface area contributed by atoms with E-state index in [0.717, 1.165) is 31.7 Å². The molecule has 2 aromatic heterocycles. The van der Waals surface area contributed by atoms with Crippen molar-refractivity contribution in [2.45, 2.75) is 31.4 Å². The number of morpholine rings is 1. The van der Waals surface area contributed by atoms with Gasteiger partial charge < -0.3 is 14.4 Å². The van der Waals surface area contributed by atoms with Crippen LogP contribution in [-0.4, -0.2) is 69.8 Å². The lowest BCUT2D eigenvalue weighted by atomic mass is 9.93. The maximum absolute atomic E-state index is 13.0. The molecule has 1 unspecified atom stereocenters. The van der Waals surface area contributed by atoms with Gasteiger partial charge in [-0.05, 0) is 18.9 Å². The zero-order valence-corrected chi connectivity index (χ0v) is 14.1. The predicted octanol–water partition coefficient (Wildman–Crippen LogP) is 1.04. The molecule has 0 radical (unpaired) electrons. The molecule has 2 aromatic rings. The number of nitrogens with zero attached hydrogens (tertiary/aromatic N) is 4. The molecule has 1 atom stereocenters. The van der Waals surface area contributed by atoms with Crippen molar-refractivity contribution in [1.29, 1.82) is 0 Å². The molecule has 2 fully saturated rings. The van der Waals surface area contributed by atoms with Crippen molar-refractivity contribution in [3.63, 3.8) is 0 Å². The van der Waals surface area contributed by atoms with Gasteiger partial charge in [-0.25, -0.2) is 0 Å². The Hall–Kier alpha value is -2.19. The van der Waals surface area contributed by atoms with Gasteiger partial charge in [0.25, 0.3) is 5.91 Å². The second-order valence-corrected chi connectivity index (χ2v) is 6.56. The summed E-state index contributed by atoms with van der Waals surface area (Å²) in [4.78, 5) is 14.9. The molecule has 1 N–H and O–H groups in total. The molecule has 1 amide bonds. The lowest BCUT2D eigenvalue weighted by molar-refractivity contribution is -0.0300. The van der Waals surface area contributed by atoms with Crippen LogP contribution in [0.3, 0.4) is 0 Å². The van der Waals surface area contributed by atoms with Crippen molar-refractivity contribution in [2.75, 3.05) is 32.9 Å². The molecule has 0 saturated carbocycles. The number of carbonyl (C=O) groups is 1. The molecular formula is C17H23N5O3. The SMILES string of the molecule is O=C(c1cn[nH]c1C1CCOCC1)N1CCOC(Cn2cccn2)C1. The van der Waals surface area contributed by atoms with Crippen LogP contribution in [0.2, 0.25) is 0 Å². The summed E-state index contributed by atoms with van der Waals surface area (Å²) >= 11 is 0. The summed E-state index contributed by atoms with van der Waals surface area (Å²) in [6.07, 6.45) is 7.11. The van der Waals surface area contributed by atoms with Crippen LogP contribution >= 0.6 is 0 Å². The van der Waals surface area contributed by atoms with Crippen molar-refractivity contribution in [1.82, 2.24) is 24.9 Å². The summed E-state index contributed by atoms with van der Waals surface area (Å²) in [5, 5.41) is 11.4. The zero-order chi connectivity index (χ0) is 17.1. The minimum absolute atomic E-state index is 0.0315. The highest BCUT2D eigenvalue weighted by Gasteiger charge is 2.30. The van der Waals surface area contributed by atoms with Crippen molar-refractivity contribution < 1.29 is 14.3 Å². The molecule has 4 heterocycles. The fourth-order valence-corrected chi connectivity index (χ4v) is 3.57. The molecule has 0 spiro atoms. The smallest absolute Gasteiger partial charge is 0.257 e. The number of carbonyl (C=O) groups excluding carboxylic acids is 1. The first kappa shape index (κ1) is 16.3. The normalized spacial score (nSPS) is 22.2. The van der Waals surface area contributed by atoms with E-state index in [1.54, 1.807) is 12.4 Å². The van der Waals surface area contributed by atoms with Gasteiger partial charge in [0.05, 0.1) is 36.7 Å². The molecule has 25 heavy (non-hydrogen) atoms. The highest BCUT2D eigenvalue weighted by molar-refractivity contribution is 5.95. The Morgan fingerprint density at radius 1 is 1.32 bits per heavy atom. The van der Waals surface area contributed by atoms with Gasteiger partial charge in [0.1, 0.15) is 0 Å². The third kappa shape index (κ3) is 3.59. The lowest BCUT2D eigenvalue weighted by Gasteiger charge is -2.33. The maximum atomic E-state index is 13.0. The van der Waals surface area contributed by atoms with E-state index in [0.29, 0.717) is 37.7 Å². The molecule has 0 aromatic carbocycles. The fraction of sp³-hybridized carbons (Fsp3) is 0.588. The Morgan fingerprint density at radius 2 is 2.20 bits per heavy atom. The Kier molecular flexibility index (Phi) is 4.80. The Bertz CT molecular complexity index is 693. The highest BCUT2D eigenvalue weighted by atomic mass is 16.5. The van der Waals surface area contributed by atoms with Crippen LogP contribution in [0.1, 0.15) is 34.8 Å². The number of hydrogen-bond acceptors (Lipinski definition) is 5. The van der Waals surface area contributed by atoms with Crippen LogP contribution in [0.25, 0.3) is 0 Å². The summed E-state index contributed by atoms with van der Waals surface area (Å²) in [6, 6.07) is 1.89. The first-order valence-electron chi connectivity index (χ1n) is 8.80. The molecule has 8 nitrogen and oxygen atoms in total. The van der Waals surface area contributed by atoms with Gasteiger partial charge in [0, 0.05) is 44.6 Å². The molecule has 8 heteroatoms. The van der Waals surface area contributed by atoms with E-state index >= 15 is 0 Å². The Labute approximate surface area is 146 Å². The number of ether oxygens (including phenoxy) is 2. The first-order valence-corrected chi connectivity index (χ1v) is 8.80. The van der Waals surface area contributed by atoms with Crippen LogP contribution in [0.4, 0.5) is 0 Å². The number of hydrogen-bond donors (Lipinski definition) is 1. The van der Waals surface area contributed by atoms with Crippen molar-refractivity contribution >= 4 is 5.91 Å². The summed E-state index contributed by atoms with van der Waals surface area (Å²) in [7, 11) is 0. The average molecular weight is 345 g/mol. The van der Waals surface area contributed by atoms with Crippen LogP contribution in [0.5, 0.6) is 0 Å². The van der Waals surface area contributed by atoms with Crippen molar-refractivity contribution in [2.24, 2.45) is 0 Å². The van der Waals surface area contributed by atoms with E-state index in [2.05, 4.69) is 15.3 Å². The van der Waals surface area contributed by atoms with Crippen LogP contribution < -0.4 is 0 Å². The van der Waals surface area contributed by atoms with Crippen molar-refractivity contribution in [3.8, 4) is 0 Å². The quantitative estimate of drug-likeness (QED) is 0.895. The number of H-pyrrole nitrogens is 1. The van der Waals surface area contributed by atoms with E-state index in [1.165, 1.54) is 0 Å². The largest absolute Gasteiger partial charge is 0.381 e. The average Bonchev–Trinajstić information content (AvgIpc) is 3.34. The molecule has 0 bridgehead atoms. The Morgan fingerprint density at radius 3 is 3.00 bits per heavy atom. The number of aromatic nitrogens is 4. The molecule has 4 rings (SSSR count). The monoisotopic (exact) mass is 345 g/mol. The lowest BCUT2D eigenvalue weighted by Crippen LogP contribution is -2.47. The summed E-state index contributed by atoms with van der Waals surface area (Å²) in [5.74, 6) is 0.347. The van der Waals surface area contributed by atoms with Crippen LogP contribution in [0, 0.1) is 0 Å². The van der Waals surface area contributed by atoms with Gasteiger partial charge in [-0.3, -0.25) is 14.6 Å². The molecular weight excluding hydrogens is 322 g/mol. The van der Waals surface area contributed by atoms with Gasteiger partial charge in [0.15, 0.2) is 0 Å². The molecule has 134 valence electrons. The third-order valence-electron chi connectivity index (χ3n) is 4.90. The summed E-state index contributed by atoms with van der Waals surface area (Å²) in [6.45, 7) is 3.84. The highest BCUT2D eigenvalue weighted by Crippen LogP contribution is 2.28. The fourth-order valence-electron chi connectivity index (χ4n) is 3.57. The second-order valence-electron chi connectivity index (χ2n) is 6.56. The molecule has 2 saturated heterocycles. The van der Waals surface area contributed by atoms with Crippen molar-refractivity contribution in [3.05, 3.63) is 35.9 Å². The minimum Gasteiger partial charge on any atom is -0.381 e. The summed E-state index contributed by atoms with van der Waals surface area (Å²) in [5.41, 5.74) is 1.63. The zero-order valence-electron chi connectivity index (χ0n) is 14.1. The molecule has 2 aliphatic heterocycles. The molecule has 2 aliphatic rings. The number of aromatic amines is 1. The maximum Gasteiger partial charge on any atom is 0.257 e. The van der Waals surface area contributed by atoms with E-state index < -0.39 is 0 Å². The van der Waals surface area contributed by atoms with E-state index in [1.807, 2.05) is 21.8 Å². The van der Waals surface area contributed by atoms with E-state index in [-0.39, 0.29) is 12.0 Å². The number of amides is 1. The predicted molar refractivity (Wildman–Crippen MR) is 89.3 cm³/mol. The van der Waals surface area contributed by atoms with Crippen LogP contribution in [-0.2, 0) is 16.0 Å². The van der Waals surface area contributed by atoms with E-state index in [4.69, 9.17) is 9.47 Å². The van der Waals surface area contributed by atoms with E-state index in [9.17, 15) is 4.79 Å². The molecule has 0 aliphatic carbocycles. The van der Waals surface area contributed by atoms with Gasteiger partial charge in [-0.2, -0.15) is 10.2 Å². The van der Waals surface area contributed by atoms with Gasteiger partial charge >= 0.3 is 0 Å². The standard InChI is InChI=1S/C17H23N5O3/c23-17(15-10-18-20-16(15)13-2-7-24-8-3-13)21-6-9-25-14(11-21)12-22-5-1-4-19-22/h1,4-5,10,13-14H,2-3,6-9,11-12H2,(H,18,20). The topological polar surface area (TPSA) is 85.3 Å². The van der Waals surface area contributed by atoms with Crippen LogP contribution in [0.15, 0.2) is 24.7 Å². The second kappa shape index (κ2) is 7.37. The number of nitrogens with one attached hydrogen (secondary N) is 1.